The molecule has 0 saturated heterocycles. The van der Waals surface area contributed by atoms with Crippen LogP contribution in [-0.2, 0) is 11.2 Å². The van der Waals surface area contributed by atoms with E-state index in [9.17, 15) is 14.4 Å². The quantitative estimate of drug-likeness (QED) is 0.699. The van der Waals surface area contributed by atoms with E-state index in [-0.39, 0.29) is 30.7 Å². The number of thiophene rings is 1. The van der Waals surface area contributed by atoms with E-state index in [1.54, 1.807) is 24.3 Å². The van der Waals surface area contributed by atoms with Crippen molar-refractivity contribution in [2.45, 2.75) is 19.8 Å². The molecular weight excluding hydrogens is 326 g/mol. The van der Waals surface area contributed by atoms with Gasteiger partial charge in [-0.3, -0.25) is 25.2 Å². The monoisotopic (exact) mass is 345 g/mol. The lowest BCUT2D eigenvalue weighted by molar-refractivity contribution is -0.121. The molecule has 0 aliphatic rings. The van der Waals surface area contributed by atoms with Gasteiger partial charge in [0.1, 0.15) is 0 Å². The Bertz CT molecular complexity index is 696. The molecule has 0 spiro atoms. The van der Waals surface area contributed by atoms with Crippen molar-refractivity contribution in [3.63, 3.8) is 0 Å². The average molecular weight is 345 g/mol. The van der Waals surface area contributed by atoms with Gasteiger partial charge in [0, 0.05) is 18.5 Å². The molecule has 6 nitrogen and oxygen atoms in total. The summed E-state index contributed by atoms with van der Waals surface area (Å²) in [6.07, 6.45) is 0.974. The van der Waals surface area contributed by atoms with Crippen molar-refractivity contribution >= 4 is 29.1 Å². The van der Waals surface area contributed by atoms with Crippen LogP contribution in [0.4, 0.5) is 0 Å². The fourth-order valence-electron chi connectivity index (χ4n) is 1.94. The van der Waals surface area contributed by atoms with Crippen LogP contribution >= 0.6 is 11.3 Å². The van der Waals surface area contributed by atoms with Gasteiger partial charge in [-0.15, -0.1) is 11.3 Å². The molecule has 0 aliphatic heterocycles. The predicted molar refractivity (Wildman–Crippen MR) is 92.7 cm³/mol. The van der Waals surface area contributed by atoms with Crippen LogP contribution in [0.25, 0.3) is 0 Å². The highest BCUT2D eigenvalue weighted by molar-refractivity contribution is 7.12. The number of carbonyl (C=O) groups excluding carboxylic acids is 3. The zero-order chi connectivity index (χ0) is 17.4. The molecule has 1 aromatic heterocycles. The average Bonchev–Trinajstić information content (AvgIpc) is 3.14. The van der Waals surface area contributed by atoms with E-state index in [1.165, 1.54) is 11.3 Å². The van der Waals surface area contributed by atoms with Crippen molar-refractivity contribution < 1.29 is 14.4 Å². The topological polar surface area (TPSA) is 87.3 Å². The van der Waals surface area contributed by atoms with Crippen LogP contribution in [0.15, 0.2) is 41.8 Å². The Morgan fingerprint density at radius 2 is 1.75 bits per heavy atom. The maximum absolute atomic E-state index is 11.9. The number of benzene rings is 1. The first-order valence-electron chi connectivity index (χ1n) is 7.60. The molecule has 2 rings (SSSR count). The Balaban J connectivity index is 1.68. The smallest absolute Gasteiger partial charge is 0.269 e. The molecule has 126 valence electrons. The largest absolute Gasteiger partial charge is 0.351 e. The Hall–Kier alpha value is -2.67. The molecule has 24 heavy (non-hydrogen) atoms. The fraction of sp³-hybridized carbons (Fsp3) is 0.235. The SMILES string of the molecule is CCc1ccc(C(=O)NNC(=O)CCNC(=O)c2cccs2)cc1. The molecule has 2 aromatic rings. The van der Waals surface area contributed by atoms with Crippen LogP contribution < -0.4 is 16.2 Å². The van der Waals surface area contributed by atoms with Crippen LogP contribution in [-0.4, -0.2) is 24.3 Å². The van der Waals surface area contributed by atoms with Gasteiger partial charge in [-0.1, -0.05) is 25.1 Å². The summed E-state index contributed by atoms with van der Waals surface area (Å²) in [7, 11) is 0. The first kappa shape index (κ1) is 17.7. The Kier molecular flexibility index (Phi) is 6.51. The van der Waals surface area contributed by atoms with E-state index in [4.69, 9.17) is 0 Å². The molecule has 0 radical (unpaired) electrons. The highest BCUT2D eigenvalue weighted by atomic mass is 32.1. The van der Waals surface area contributed by atoms with E-state index in [0.717, 1.165) is 12.0 Å². The lowest BCUT2D eigenvalue weighted by Gasteiger charge is -2.08. The molecule has 1 aromatic carbocycles. The number of hydrogen-bond acceptors (Lipinski definition) is 4. The van der Waals surface area contributed by atoms with Crippen molar-refractivity contribution in [3.05, 3.63) is 57.8 Å². The maximum atomic E-state index is 11.9. The lowest BCUT2D eigenvalue weighted by Crippen LogP contribution is -2.42. The van der Waals surface area contributed by atoms with Crippen molar-refractivity contribution in [1.29, 1.82) is 0 Å². The van der Waals surface area contributed by atoms with Gasteiger partial charge in [0.05, 0.1) is 4.88 Å². The number of rotatable bonds is 6. The van der Waals surface area contributed by atoms with E-state index < -0.39 is 0 Å². The summed E-state index contributed by atoms with van der Waals surface area (Å²) in [4.78, 5) is 35.8. The number of nitrogens with one attached hydrogen (secondary N) is 3. The van der Waals surface area contributed by atoms with Crippen LogP contribution in [0, 0.1) is 0 Å². The van der Waals surface area contributed by atoms with Crippen LogP contribution in [0.5, 0.6) is 0 Å². The number of amides is 3. The van der Waals surface area contributed by atoms with Gasteiger partial charge in [-0.25, -0.2) is 0 Å². The second kappa shape index (κ2) is 8.83. The van der Waals surface area contributed by atoms with Crippen molar-refractivity contribution in [3.8, 4) is 0 Å². The molecular formula is C17H19N3O3S. The van der Waals surface area contributed by atoms with E-state index >= 15 is 0 Å². The number of carbonyl (C=O) groups is 3. The molecule has 0 bridgehead atoms. The third-order valence-electron chi connectivity index (χ3n) is 3.32. The number of hydrogen-bond donors (Lipinski definition) is 3. The molecule has 0 unspecified atom stereocenters. The van der Waals surface area contributed by atoms with Gasteiger partial charge in [0.25, 0.3) is 11.8 Å². The molecule has 0 atom stereocenters. The van der Waals surface area contributed by atoms with E-state index in [0.29, 0.717) is 10.4 Å². The van der Waals surface area contributed by atoms with Gasteiger partial charge < -0.3 is 5.32 Å². The minimum absolute atomic E-state index is 0.0756. The van der Waals surface area contributed by atoms with Crippen molar-refractivity contribution in [2.24, 2.45) is 0 Å². The van der Waals surface area contributed by atoms with E-state index in [2.05, 4.69) is 16.2 Å². The summed E-state index contributed by atoms with van der Waals surface area (Å²) < 4.78 is 0. The molecule has 3 N–H and O–H groups in total. The minimum atomic E-state index is -0.381. The normalized spacial score (nSPS) is 10.0. The van der Waals surface area contributed by atoms with Crippen LogP contribution in [0.3, 0.4) is 0 Å². The van der Waals surface area contributed by atoms with Crippen LogP contribution in [0.1, 0.15) is 38.9 Å². The molecule has 0 saturated carbocycles. The molecule has 7 heteroatoms. The van der Waals surface area contributed by atoms with Crippen molar-refractivity contribution in [1.82, 2.24) is 16.2 Å². The lowest BCUT2D eigenvalue weighted by atomic mass is 10.1. The van der Waals surface area contributed by atoms with Crippen LogP contribution in [0.2, 0.25) is 0 Å². The molecule has 1 heterocycles. The second-order valence-electron chi connectivity index (χ2n) is 5.04. The second-order valence-corrected chi connectivity index (χ2v) is 5.98. The molecule has 0 fully saturated rings. The highest BCUT2D eigenvalue weighted by Gasteiger charge is 2.09. The Morgan fingerprint density at radius 1 is 1.00 bits per heavy atom. The van der Waals surface area contributed by atoms with Gasteiger partial charge in [-0.05, 0) is 35.6 Å². The molecule has 3 amide bonds. The predicted octanol–water partition coefficient (Wildman–Crippen LogP) is 1.89. The van der Waals surface area contributed by atoms with Gasteiger partial charge in [-0.2, -0.15) is 0 Å². The summed E-state index contributed by atoms with van der Waals surface area (Å²) >= 11 is 1.33. The van der Waals surface area contributed by atoms with Gasteiger partial charge >= 0.3 is 0 Å². The van der Waals surface area contributed by atoms with Gasteiger partial charge in [0.15, 0.2) is 0 Å². The highest BCUT2D eigenvalue weighted by Crippen LogP contribution is 2.07. The summed E-state index contributed by atoms with van der Waals surface area (Å²) in [6, 6.07) is 10.7. The zero-order valence-corrected chi connectivity index (χ0v) is 14.1. The zero-order valence-electron chi connectivity index (χ0n) is 13.3. The standard InChI is InChI=1S/C17H19N3O3S/c1-2-12-5-7-13(8-6-12)16(22)20-19-15(21)9-10-18-17(23)14-4-3-11-24-14/h3-8,11H,2,9-10H2,1H3,(H,18,23)(H,19,21)(H,20,22). The number of hydrazine groups is 1. The third kappa shape index (κ3) is 5.20. The molecule has 0 aliphatic carbocycles. The first-order valence-corrected chi connectivity index (χ1v) is 8.48. The minimum Gasteiger partial charge on any atom is -0.351 e. The van der Waals surface area contributed by atoms with E-state index in [1.807, 2.05) is 24.4 Å². The maximum Gasteiger partial charge on any atom is 0.269 e. The summed E-state index contributed by atoms with van der Waals surface area (Å²) in [5, 5.41) is 4.46. The Labute approximate surface area is 144 Å². The summed E-state index contributed by atoms with van der Waals surface area (Å²) in [5.41, 5.74) is 6.29. The summed E-state index contributed by atoms with van der Waals surface area (Å²) in [5.74, 6) is -0.966. The Morgan fingerprint density at radius 3 is 2.38 bits per heavy atom. The summed E-state index contributed by atoms with van der Waals surface area (Å²) in [6.45, 7) is 2.23. The first-order chi connectivity index (χ1) is 11.6. The fourth-order valence-corrected chi connectivity index (χ4v) is 2.58. The number of aryl methyl sites for hydroxylation is 1. The van der Waals surface area contributed by atoms with Gasteiger partial charge in [0.2, 0.25) is 5.91 Å². The van der Waals surface area contributed by atoms with Crippen molar-refractivity contribution in [2.75, 3.05) is 6.54 Å². The third-order valence-corrected chi connectivity index (χ3v) is 4.19.